The molecule has 0 atom stereocenters. The van der Waals surface area contributed by atoms with Gasteiger partial charge >= 0.3 is 0 Å². The molecule has 0 spiro atoms. The van der Waals surface area contributed by atoms with E-state index in [0.717, 1.165) is 10.4 Å². The Kier molecular flexibility index (Phi) is 3.47. The van der Waals surface area contributed by atoms with E-state index in [1.165, 1.54) is 4.88 Å². The fraction of sp³-hybridized carbons (Fsp3) is 0.364. The Morgan fingerprint density at radius 3 is 2.50 bits per heavy atom. The number of thiophene rings is 1. The summed E-state index contributed by atoms with van der Waals surface area (Å²) in [7, 11) is 3.80. The van der Waals surface area contributed by atoms with Gasteiger partial charge in [-0.1, -0.05) is 0 Å². The Balaban J connectivity index is 2.85. The van der Waals surface area contributed by atoms with Crippen LogP contribution in [-0.4, -0.2) is 24.8 Å². The van der Waals surface area contributed by atoms with Crippen molar-refractivity contribution in [2.24, 2.45) is 0 Å². The highest BCUT2D eigenvalue weighted by atomic mass is 32.1. The van der Waals surface area contributed by atoms with E-state index in [2.05, 4.69) is 0 Å². The fourth-order valence-electron chi connectivity index (χ4n) is 1.18. The lowest BCUT2D eigenvalue weighted by Gasteiger charge is -2.02. The van der Waals surface area contributed by atoms with E-state index < -0.39 is 0 Å². The summed E-state index contributed by atoms with van der Waals surface area (Å²) in [6, 6.07) is 1.95. The first-order valence-corrected chi connectivity index (χ1v) is 5.28. The van der Waals surface area contributed by atoms with Crippen LogP contribution < -0.4 is 0 Å². The van der Waals surface area contributed by atoms with Crippen molar-refractivity contribution in [3.63, 3.8) is 0 Å². The number of rotatable bonds is 3. The SMILES string of the molecule is Cc1cc(C(=O)C=CN(C)C)c(C)s1. The zero-order valence-electron chi connectivity index (χ0n) is 9.00. The Hall–Kier alpha value is -1.09. The lowest BCUT2D eigenvalue weighted by molar-refractivity contribution is 0.104. The Bertz CT molecular complexity index is 363. The van der Waals surface area contributed by atoms with Gasteiger partial charge in [-0.15, -0.1) is 11.3 Å². The number of hydrogen-bond donors (Lipinski definition) is 0. The van der Waals surface area contributed by atoms with Crippen molar-refractivity contribution in [2.75, 3.05) is 14.1 Å². The first-order chi connectivity index (χ1) is 6.50. The Morgan fingerprint density at radius 2 is 2.07 bits per heavy atom. The summed E-state index contributed by atoms with van der Waals surface area (Å²) >= 11 is 1.66. The van der Waals surface area contributed by atoms with Crippen LogP contribution in [0.25, 0.3) is 0 Å². The second-order valence-corrected chi connectivity index (χ2v) is 4.93. The third kappa shape index (κ3) is 2.70. The van der Waals surface area contributed by atoms with Gasteiger partial charge in [0.1, 0.15) is 0 Å². The minimum Gasteiger partial charge on any atom is -0.383 e. The number of nitrogens with zero attached hydrogens (tertiary/aromatic N) is 1. The molecule has 0 unspecified atom stereocenters. The van der Waals surface area contributed by atoms with E-state index in [9.17, 15) is 4.79 Å². The summed E-state index contributed by atoms with van der Waals surface area (Å²) in [6.07, 6.45) is 3.38. The summed E-state index contributed by atoms with van der Waals surface area (Å²) < 4.78 is 0. The molecule has 0 bridgehead atoms. The molecule has 0 N–H and O–H groups in total. The summed E-state index contributed by atoms with van der Waals surface area (Å²) in [5.41, 5.74) is 0.825. The Labute approximate surface area is 88.9 Å². The highest BCUT2D eigenvalue weighted by Gasteiger charge is 2.08. The quantitative estimate of drug-likeness (QED) is 0.563. The summed E-state index contributed by atoms with van der Waals surface area (Å²) in [5, 5.41) is 0. The number of aryl methyl sites for hydroxylation is 2. The Morgan fingerprint density at radius 1 is 1.43 bits per heavy atom. The van der Waals surface area contributed by atoms with Gasteiger partial charge in [0.05, 0.1) is 0 Å². The van der Waals surface area contributed by atoms with Crippen molar-refractivity contribution in [1.82, 2.24) is 4.90 Å². The molecule has 76 valence electrons. The molecule has 0 radical (unpaired) electrons. The molecule has 0 aliphatic carbocycles. The molecule has 0 aliphatic rings. The smallest absolute Gasteiger partial charge is 0.188 e. The molecular weight excluding hydrogens is 194 g/mol. The molecule has 3 heteroatoms. The molecule has 0 aliphatic heterocycles. The van der Waals surface area contributed by atoms with Gasteiger partial charge in [0.2, 0.25) is 0 Å². The second-order valence-electron chi connectivity index (χ2n) is 3.47. The molecule has 0 aromatic carbocycles. The first-order valence-electron chi connectivity index (χ1n) is 4.46. The van der Waals surface area contributed by atoms with Crippen LogP contribution in [0.2, 0.25) is 0 Å². The van der Waals surface area contributed by atoms with Crippen LogP contribution in [0, 0.1) is 13.8 Å². The molecule has 2 nitrogen and oxygen atoms in total. The zero-order valence-corrected chi connectivity index (χ0v) is 9.81. The van der Waals surface area contributed by atoms with Gasteiger partial charge in [-0.25, -0.2) is 0 Å². The van der Waals surface area contributed by atoms with Crippen molar-refractivity contribution in [3.8, 4) is 0 Å². The van der Waals surface area contributed by atoms with Gasteiger partial charge in [0, 0.05) is 41.7 Å². The van der Waals surface area contributed by atoms with Crippen LogP contribution in [0.15, 0.2) is 18.3 Å². The second kappa shape index (κ2) is 4.42. The van der Waals surface area contributed by atoms with Crippen molar-refractivity contribution in [1.29, 1.82) is 0 Å². The largest absolute Gasteiger partial charge is 0.383 e. The third-order valence-electron chi connectivity index (χ3n) is 1.83. The summed E-state index contributed by atoms with van der Waals surface area (Å²) in [4.78, 5) is 15.8. The topological polar surface area (TPSA) is 20.3 Å². The normalized spacial score (nSPS) is 10.9. The van der Waals surface area contributed by atoms with Crippen molar-refractivity contribution in [3.05, 3.63) is 33.7 Å². The third-order valence-corrected chi connectivity index (χ3v) is 2.80. The molecule has 1 aromatic rings. The highest BCUT2D eigenvalue weighted by molar-refractivity contribution is 7.12. The number of hydrogen-bond acceptors (Lipinski definition) is 3. The van der Waals surface area contributed by atoms with Crippen LogP contribution in [0.1, 0.15) is 20.1 Å². The van der Waals surface area contributed by atoms with Crippen molar-refractivity contribution < 1.29 is 4.79 Å². The molecule has 14 heavy (non-hydrogen) atoms. The average molecular weight is 209 g/mol. The van der Waals surface area contributed by atoms with Gasteiger partial charge < -0.3 is 4.90 Å². The van der Waals surface area contributed by atoms with E-state index in [-0.39, 0.29) is 5.78 Å². The lowest BCUT2D eigenvalue weighted by Crippen LogP contribution is -2.03. The standard InChI is InChI=1S/C11H15NOS/c1-8-7-10(9(2)14-8)11(13)5-6-12(3)4/h5-7H,1-4H3. The maximum atomic E-state index is 11.7. The molecule has 0 amide bonds. The van der Waals surface area contributed by atoms with Gasteiger partial charge in [0.25, 0.3) is 0 Å². The minimum atomic E-state index is 0.0838. The summed E-state index contributed by atoms with van der Waals surface area (Å²) in [6.45, 7) is 4.00. The lowest BCUT2D eigenvalue weighted by atomic mass is 10.1. The van der Waals surface area contributed by atoms with Crippen molar-refractivity contribution >= 4 is 17.1 Å². The van der Waals surface area contributed by atoms with E-state index in [1.807, 2.05) is 38.9 Å². The van der Waals surface area contributed by atoms with Crippen LogP contribution in [0.5, 0.6) is 0 Å². The molecule has 1 rings (SSSR count). The number of carbonyl (C=O) groups excluding carboxylic acids is 1. The van der Waals surface area contributed by atoms with Crippen LogP contribution in [0.4, 0.5) is 0 Å². The molecular formula is C11H15NOS. The summed E-state index contributed by atoms with van der Waals surface area (Å²) in [5.74, 6) is 0.0838. The van der Waals surface area contributed by atoms with Crippen molar-refractivity contribution in [2.45, 2.75) is 13.8 Å². The van der Waals surface area contributed by atoms with E-state index in [0.29, 0.717) is 0 Å². The molecule has 1 heterocycles. The number of allylic oxidation sites excluding steroid dienone is 1. The predicted molar refractivity (Wildman–Crippen MR) is 61.0 cm³/mol. The zero-order chi connectivity index (χ0) is 10.7. The molecule has 0 saturated carbocycles. The van der Waals surface area contributed by atoms with Gasteiger partial charge in [-0.05, 0) is 19.9 Å². The van der Waals surface area contributed by atoms with E-state index >= 15 is 0 Å². The van der Waals surface area contributed by atoms with Crippen LogP contribution >= 0.6 is 11.3 Å². The molecule has 0 fully saturated rings. The van der Waals surface area contributed by atoms with E-state index in [4.69, 9.17) is 0 Å². The van der Waals surface area contributed by atoms with E-state index in [1.54, 1.807) is 23.6 Å². The van der Waals surface area contributed by atoms with Gasteiger partial charge in [-0.2, -0.15) is 0 Å². The van der Waals surface area contributed by atoms with Gasteiger partial charge in [-0.3, -0.25) is 4.79 Å². The molecule has 0 saturated heterocycles. The molecule has 1 aromatic heterocycles. The maximum Gasteiger partial charge on any atom is 0.188 e. The minimum absolute atomic E-state index is 0.0838. The van der Waals surface area contributed by atoms with Crippen LogP contribution in [0.3, 0.4) is 0 Å². The maximum absolute atomic E-state index is 11.7. The average Bonchev–Trinajstić information content (AvgIpc) is 2.41. The number of ketones is 1. The number of carbonyl (C=O) groups is 1. The fourth-order valence-corrected chi connectivity index (χ4v) is 2.11. The van der Waals surface area contributed by atoms with Crippen LogP contribution in [-0.2, 0) is 0 Å². The first kappa shape index (κ1) is 11.0. The van der Waals surface area contributed by atoms with Gasteiger partial charge in [0.15, 0.2) is 5.78 Å². The predicted octanol–water partition coefficient (Wildman–Crippen LogP) is 2.62. The highest BCUT2D eigenvalue weighted by Crippen LogP contribution is 2.21. The monoisotopic (exact) mass is 209 g/mol.